The quantitative estimate of drug-likeness (QED) is 0.783. The fraction of sp³-hybridized carbons (Fsp3) is 0.467. The Morgan fingerprint density at radius 3 is 2.55 bits per heavy atom. The molecular formula is C15H19NO4. The minimum atomic E-state index is -0.349. The Morgan fingerprint density at radius 1 is 1.40 bits per heavy atom. The van der Waals surface area contributed by atoms with Crippen LogP contribution in [0.1, 0.15) is 29.3 Å². The molecule has 108 valence electrons. The lowest BCUT2D eigenvalue weighted by atomic mass is 10.1. The first-order valence-electron chi connectivity index (χ1n) is 6.59. The number of hydrogen-bond acceptors (Lipinski definition) is 5. The Kier molecular flexibility index (Phi) is 4.39. The van der Waals surface area contributed by atoms with Crippen molar-refractivity contribution >= 4 is 11.9 Å². The van der Waals surface area contributed by atoms with E-state index in [-0.39, 0.29) is 24.1 Å². The van der Waals surface area contributed by atoms with E-state index in [1.807, 2.05) is 31.0 Å². The molecule has 2 rings (SSSR count). The first-order chi connectivity index (χ1) is 9.51. The molecule has 0 bridgehead atoms. The molecule has 20 heavy (non-hydrogen) atoms. The van der Waals surface area contributed by atoms with Crippen molar-refractivity contribution in [1.82, 2.24) is 4.90 Å². The zero-order chi connectivity index (χ0) is 14.7. The van der Waals surface area contributed by atoms with Gasteiger partial charge in [0.25, 0.3) is 0 Å². The third-order valence-corrected chi connectivity index (χ3v) is 3.48. The molecule has 1 aliphatic heterocycles. The highest BCUT2D eigenvalue weighted by atomic mass is 16.6. The van der Waals surface area contributed by atoms with Gasteiger partial charge in [0, 0.05) is 13.0 Å². The second-order valence-electron chi connectivity index (χ2n) is 5.10. The minimum Gasteiger partial charge on any atom is -0.465 e. The number of likely N-dealkylation sites (N-methyl/N-ethyl adjacent to an activating group) is 1. The molecule has 1 aliphatic rings. The standard InChI is InChI=1S/C15H19NO4/c1-10-8-13(15(18)20-10)16(2)9-11-4-6-12(7-5-11)14(17)19-3/h4-7,10,13H,8-9H2,1-3H3/t10-,13+/m1/s1. The van der Waals surface area contributed by atoms with Gasteiger partial charge in [-0.2, -0.15) is 0 Å². The van der Waals surface area contributed by atoms with Crippen LogP contribution in [0.15, 0.2) is 24.3 Å². The maximum Gasteiger partial charge on any atom is 0.337 e. The summed E-state index contributed by atoms with van der Waals surface area (Å²) in [5.74, 6) is -0.510. The summed E-state index contributed by atoms with van der Waals surface area (Å²) in [6, 6.07) is 7.00. The van der Waals surface area contributed by atoms with E-state index < -0.39 is 0 Å². The summed E-state index contributed by atoms with van der Waals surface area (Å²) >= 11 is 0. The van der Waals surface area contributed by atoms with Crippen molar-refractivity contribution < 1.29 is 19.1 Å². The highest BCUT2D eigenvalue weighted by molar-refractivity contribution is 5.89. The molecule has 2 atom stereocenters. The van der Waals surface area contributed by atoms with Crippen molar-refractivity contribution in [2.24, 2.45) is 0 Å². The average molecular weight is 277 g/mol. The maximum absolute atomic E-state index is 11.7. The molecule has 5 nitrogen and oxygen atoms in total. The number of carbonyl (C=O) groups excluding carboxylic acids is 2. The zero-order valence-corrected chi connectivity index (χ0v) is 12.0. The second-order valence-corrected chi connectivity index (χ2v) is 5.10. The normalized spacial score (nSPS) is 21.9. The van der Waals surface area contributed by atoms with Gasteiger partial charge in [0.2, 0.25) is 0 Å². The van der Waals surface area contributed by atoms with Gasteiger partial charge in [-0.1, -0.05) is 12.1 Å². The maximum atomic E-state index is 11.7. The van der Waals surface area contributed by atoms with Crippen LogP contribution < -0.4 is 0 Å². The smallest absolute Gasteiger partial charge is 0.337 e. The minimum absolute atomic E-state index is 0.0170. The summed E-state index contributed by atoms with van der Waals surface area (Å²) < 4.78 is 9.81. The van der Waals surface area contributed by atoms with E-state index >= 15 is 0 Å². The van der Waals surface area contributed by atoms with Gasteiger partial charge in [0.1, 0.15) is 12.1 Å². The molecule has 0 spiro atoms. The number of nitrogens with zero attached hydrogens (tertiary/aromatic N) is 1. The Hall–Kier alpha value is -1.88. The molecule has 5 heteroatoms. The van der Waals surface area contributed by atoms with Crippen LogP contribution in [-0.4, -0.2) is 43.1 Å². The highest BCUT2D eigenvalue weighted by Crippen LogP contribution is 2.20. The lowest BCUT2D eigenvalue weighted by molar-refractivity contribution is -0.144. The van der Waals surface area contributed by atoms with Crippen LogP contribution in [0.25, 0.3) is 0 Å². The lowest BCUT2D eigenvalue weighted by Gasteiger charge is -2.21. The first kappa shape index (κ1) is 14.5. The molecule has 1 fully saturated rings. The second kappa shape index (κ2) is 6.05. The first-order valence-corrected chi connectivity index (χ1v) is 6.59. The molecule has 1 heterocycles. The number of carbonyl (C=O) groups is 2. The Labute approximate surface area is 118 Å². The summed E-state index contributed by atoms with van der Waals surface area (Å²) in [6.07, 6.45) is 0.701. The molecule has 1 aromatic rings. The Bertz CT molecular complexity index is 497. The predicted molar refractivity (Wildman–Crippen MR) is 73.2 cm³/mol. The van der Waals surface area contributed by atoms with E-state index in [9.17, 15) is 9.59 Å². The van der Waals surface area contributed by atoms with Crippen LogP contribution in [0.2, 0.25) is 0 Å². The van der Waals surface area contributed by atoms with E-state index in [1.54, 1.807) is 12.1 Å². The Morgan fingerprint density at radius 2 is 2.05 bits per heavy atom. The lowest BCUT2D eigenvalue weighted by Crippen LogP contribution is -2.34. The SMILES string of the molecule is COC(=O)c1ccc(CN(C)[C@H]2C[C@@H](C)OC2=O)cc1. The van der Waals surface area contributed by atoms with E-state index in [0.29, 0.717) is 12.1 Å². The highest BCUT2D eigenvalue weighted by Gasteiger charge is 2.34. The van der Waals surface area contributed by atoms with Gasteiger partial charge in [-0.25, -0.2) is 4.79 Å². The summed E-state index contributed by atoms with van der Waals surface area (Å²) in [5.41, 5.74) is 1.56. The molecule has 0 N–H and O–H groups in total. The molecular weight excluding hydrogens is 258 g/mol. The van der Waals surface area contributed by atoms with Crippen molar-refractivity contribution in [1.29, 1.82) is 0 Å². The third-order valence-electron chi connectivity index (χ3n) is 3.48. The number of rotatable bonds is 4. The van der Waals surface area contributed by atoms with E-state index in [4.69, 9.17) is 4.74 Å². The van der Waals surface area contributed by atoms with Gasteiger partial charge in [-0.15, -0.1) is 0 Å². The number of hydrogen-bond donors (Lipinski definition) is 0. The van der Waals surface area contributed by atoms with E-state index in [2.05, 4.69) is 4.74 Å². The van der Waals surface area contributed by atoms with Crippen molar-refractivity contribution in [3.8, 4) is 0 Å². The summed E-state index contributed by atoms with van der Waals surface area (Å²) in [5, 5.41) is 0. The molecule has 0 amide bonds. The topological polar surface area (TPSA) is 55.8 Å². The number of benzene rings is 1. The van der Waals surface area contributed by atoms with Gasteiger partial charge in [-0.05, 0) is 31.7 Å². The van der Waals surface area contributed by atoms with Crippen LogP contribution in [0.3, 0.4) is 0 Å². The number of cyclic esters (lactones) is 1. The van der Waals surface area contributed by atoms with Crippen LogP contribution in [0.5, 0.6) is 0 Å². The summed E-state index contributed by atoms with van der Waals surface area (Å²) in [6.45, 7) is 2.53. The summed E-state index contributed by atoms with van der Waals surface area (Å²) in [7, 11) is 3.26. The van der Waals surface area contributed by atoms with Crippen molar-refractivity contribution in [3.63, 3.8) is 0 Å². The van der Waals surface area contributed by atoms with Gasteiger partial charge < -0.3 is 9.47 Å². The van der Waals surface area contributed by atoms with Crippen LogP contribution in [0.4, 0.5) is 0 Å². The number of methoxy groups -OCH3 is 1. The predicted octanol–water partition coefficient (Wildman–Crippen LogP) is 1.61. The Balaban J connectivity index is 1.99. The third kappa shape index (κ3) is 3.17. The van der Waals surface area contributed by atoms with E-state index in [1.165, 1.54) is 7.11 Å². The molecule has 0 aliphatic carbocycles. The van der Waals surface area contributed by atoms with Gasteiger partial charge in [0.05, 0.1) is 12.7 Å². The van der Waals surface area contributed by atoms with Crippen molar-refractivity contribution in [3.05, 3.63) is 35.4 Å². The largest absolute Gasteiger partial charge is 0.465 e. The van der Waals surface area contributed by atoms with Crippen molar-refractivity contribution in [2.45, 2.75) is 32.0 Å². The van der Waals surface area contributed by atoms with E-state index in [0.717, 1.165) is 12.0 Å². The molecule has 0 radical (unpaired) electrons. The zero-order valence-electron chi connectivity index (χ0n) is 12.0. The number of ether oxygens (including phenoxy) is 2. The fourth-order valence-electron chi connectivity index (χ4n) is 2.36. The molecule has 0 saturated carbocycles. The fourth-order valence-corrected chi connectivity index (χ4v) is 2.36. The summed E-state index contributed by atoms with van der Waals surface area (Å²) in [4.78, 5) is 25.0. The van der Waals surface area contributed by atoms with Crippen molar-refractivity contribution in [2.75, 3.05) is 14.2 Å². The molecule has 0 unspecified atom stereocenters. The average Bonchev–Trinajstić information content (AvgIpc) is 2.78. The monoisotopic (exact) mass is 277 g/mol. The van der Waals surface area contributed by atoms with Gasteiger partial charge in [0.15, 0.2) is 0 Å². The molecule has 0 aromatic heterocycles. The van der Waals surface area contributed by atoms with Crippen LogP contribution in [-0.2, 0) is 20.8 Å². The van der Waals surface area contributed by atoms with Crippen LogP contribution in [0, 0.1) is 0 Å². The van der Waals surface area contributed by atoms with Gasteiger partial charge in [-0.3, -0.25) is 9.69 Å². The van der Waals surface area contributed by atoms with Gasteiger partial charge >= 0.3 is 11.9 Å². The van der Waals surface area contributed by atoms with Crippen LogP contribution >= 0.6 is 0 Å². The molecule has 1 aromatic carbocycles. The number of esters is 2. The molecule has 1 saturated heterocycles.